The average molecular weight is 134 g/mol. The quantitative estimate of drug-likeness (QED) is 0.421. The lowest BCUT2D eigenvalue weighted by atomic mass is 9.84. The van der Waals surface area contributed by atoms with Gasteiger partial charge >= 0.3 is 0 Å². The van der Waals surface area contributed by atoms with Crippen LogP contribution in [-0.4, -0.2) is 12.1 Å². The number of alkyl halides is 2. The molecule has 2 N–H and O–H groups in total. The van der Waals surface area contributed by atoms with Gasteiger partial charge in [0.2, 0.25) is 6.43 Å². The maximum atomic E-state index is 11.7. The van der Waals surface area contributed by atoms with Gasteiger partial charge in [-0.1, -0.05) is 0 Å². The molecule has 0 heterocycles. The second-order valence-corrected chi connectivity index (χ2v) is 2.20. The van der Waals surface area contributed by atoms with Gasteiger partial charge in [0.15, 0.2) is 0 Å². The van der Waals surface area contributed by atoms with Crippen molar-refractivity contribution in [3.8, 4) is 0 Å². The Kier molecular flexibility index (Phi) is 1.64. The molecule has 0 unspecified atom stereocenters. The van der Waals surface area contributed by atoms with E-state index in [0.29, 0.717) is 18.6 Å². The van der Waals surface area contributed by atoms with Crippen molar-refractivity contribution in [3.05, 3.63) is 0 Å². The van der Waals surface area contributed by atoms with Crippen LogP contribution in [-0.2, 0) is 0 Å². The number of nitrogens with zero attached hydrogens (tertiary/aromatic N) is 1. The molecule has 0 saturated heterocycles. The maximum Gasteiger partial charge on any atom is 0.242 e. The van der Waals surface area contributed by atoms with Crippen molar-refractivity contribution in [1.82, 2.24) is 0 Å². The average Bonchev–Trinajstić information content (AvgIpc) is 1.61. The molecule has 1 aliphatic carbocycles. The Bertz CT molecular complexity index is 125. The topological polar surface area (TPSA) is 38.4 Å². The van der Waals surface area contributed by atoms with Crippen LogP contribution in [0.4, 0.5) is 8.78 Å². The molecular weight excluding hydrogens is 126 g/mol. The molecule has 0 aromatic heterocycles. The van der Waals surface area contributed by atoms with Crippen LogP contribution >= 0.6 is 0 Å². The van der Waals surface area contributed by atoms with E-state index in [-0.39, 0.29) is 0 Å². The smallest absolute Gasteiger partial charge is 0.242 e. The van der Waals surface area contributed by atoms with Crippen LogP contribution < -0.4 is 5.84 Å². The van der Waals surface area contributed by atoms with Crippen LogP contribution in [0.5, 0.6) is 0 Å². The Hall–Kier alpha value is -0.670. The highest BCUT2D eigenvalue weighted by molar-refractivity contribution is 5.89. The first kappa shape index (κ1) is 6.45. The molecule has 1 fully saturated rings. The monoisotopic (exact) mass is 134 g/mol. The van der Waals surface area contributed by atoms with Crippen LogP contribution in [0.1, 0.15) is 12.8 Å². The van der Waals surface area contributed by atoms with Crippen molar-refractivity contribution in [3.63, 3.8) is 0 Å². The van der Waals surface area contributed by atoms with E-state index in [1.165, 1.54) is 0 Å². The molecule has 1 aliphatic rings. The van der Waals surface area contributed by atoms with E-state index in [1.54, 1.807) is 0 Å². The third-order valence-electron chi connectivity index (χ3n) is 1.53. The molecular formula is C5H8F2N2. The van der Waals surface area contributed by atoms with Crippen molar-refractivity contribution in [2.75, 3.05) is 0 Å². The van der Waals surface area contributed by atoms with Crippen molar-refractivity contribution in [1.29, 1.82) is 0 Å². The first-order chi connectivity index (χ1) is 4.24. The van der Waals surface area contributed by atoms with E-state index in [2.05, 4.69) is 5.10 Å². The third kappa shape index (κ3) is 1.17. The van der Waals surface area contributed by atoms with Gasteiger partial charge in [-0.2, -0.15) is 5.10 Å². The number of hydrogen-bond donors (Lipinski definition) is 1. The highest BCUT2D eigenvalue weighted by atomic mass is 19.3. The highest BCUT2D eigenvalue weighted by Crippen LogP contribution is 2.29. The minimum Gasteiger partial charge on any atom is -0.323 e. The molecule has 9 heavy (non-hydrogen) atoms. The molecule has 0 bridgehead atoms. The number of halogens is 2. The summed E-state index contributed by atoms with van der Waals surface area (Å²) in [5.74, 6) is 4.36. The summed E-state index contributed by atoms with van der Waals surface area (Å²) in [5.41, 5.74) is 0.709. The minimum atomic E-state index is -2.20. The van der Waals surface area contributed by atoms with Gasteiger partial charge in [0.05, 0.1) is 0 Å². The summed E-state index contributed by atoms with van der Waals surface area (Å²) in [6, 6.07) is 0. The van der Waals surface area contributed by atoms with Crippen molar-refractivity contribution in [2.45, 2.75) is 19.3 Å². The summed E-state index contributed by atoms with van der Waals surface area (Å²) in [6.45, 7) is 0. The maximum absolute atomic E-state index is 11.7. The van der Waals surface area contributed by atoms with Crippen LogP contribution in [0.25, 0.3) is 0 Å². The van der Waals surface area contributed by atoms with E-state index < -0.39 is 12.3 Å². The molecule has 2 nitrogen and oxygen atoms in total. The van der Waals surface area contributed by atoms with Gasteiger partial charge in [-0.25, -0.2) is 8.78 Å². The molecule has 0 spiro atoms. The zero-order valence-corrected chi connectivity index (χ0v) is 4.85. The molecule has 0 radical (unpaired) electrons. The van der Waals surface area contributed by atoms with Gasteiger partial charge in [-0.15, -0.1) is 0 Å². The molecule has 1 saturated carbocycles. The Morgan fingerprint density at radius 3 is 2.44 bits per heavy atom. The van der Waals surface area contributed by atoms with Gasteiger partial charge in [0.25, 0.3) is 0 Å². The molecule has 0 aliphatic heterocycles. The molecule has 0 atom stereocenters. The highest BCUT2D eigenvalue weighted by Gasteiger charge is 2.32. The van der Waals surface area contributed by atoms with Gasteiger partial charge in [0, 0.05) is 11.6 Å². The number of rotatable bonds is 1. The standard InChI is InChI=1S/C5H8F2N2/c6-5(7)3-1-4(2-3)9-8/h3,5H,1-2,8H2. The molecule has 0 aromatic rings. The largest absolute Gasteiger partial charge is 0.323 e. The van der Waals surface area contributed by atoms with Crippen LogP contribution in [0.3, 0.4) is 0 Å². The SMILES string of the molecule is NN=C1CC(C(F)F)C1. The van der Waals surface area contributed by atoms with Crippen LogP contribution in [0, 0.1) is 5.92 Å². The zero-order chi connectivity index (χ0) is 6.85. The fourth-order valence-electron chi connectivity index (χ4n) is 0.829. The Labute approximate surface area is 51.7 Å². The molecule has 52 valence electrons. The van der Waals surface area contributed by atoms with Crippen molar-refractivity contribution in [2.24, 2.45) is 16.9 Å². The predicted octanol–water partition coefficient (Wildman–Crippen LogP) is 0.976. The number of hydrazone groups is 1. The molecule has 1 rings (SSSR count). The first-order valence-corrected chi connectivity index (χ1v) is 2.78. The van der Waals surface area contributed by atoms with Crippen molar-refractivity contribution < 1.29 is 8.78 Å². The minimum absolute atomic E-state index is 0.383. The van der Waals surface area contributed by atoms with Crippen molar-refractivity contribution >= 4 is 5.71 Å². The second kappa shape index (κ2) is 2.29. The fraction of sp³-hybridized carbons (Fsp3) is 0.800. The summed E-state index contributed by atoms with van der Waals surface area (Å²) >= 11 is 0. The lowest BCUT2D eigenvalue weighted by Gasteiger charge is -2.25. The zero-order valence-electron chi connectivity index (χ0n) is 4.85. The molecule has 0 aromatic carbocycles. The first-order valence-electron chi connectivity index (χ1n) is 2.78. The normalized spacial score (nSPS) is 26.1. The van der Waals surface area contributed by atoms with E-state index in [4.69, 9.17) is 5.84 Å². The van der Waals surface area contributed by atoms with Crippen LogP contribution in [0.15, 0.2) is 5.10 Å². The Morgan fingerprint density at radius 1 is 1.56 bits per heavy atom. The molecule has 4 heteroatoms. The summed E-state index contributed by atoms with van der Waals surface area (Å²) < 4.78 is 23.4. The summed E-state index contributed by atoms with van der Waals surface area (Å²) in [4.78, 5) is 0. The number of nitrogens with two attached hydrogens (primary N) is 1. The van der Waals surface area contributed by atoms with Crippen LogP contribution in [0.2, 0.25) is 0 Å². The van der Waals surface area contributed by atoms with Gasteiger partial charge < -0.3 is 5.84 Å². The predicted molar refractivity (Wildman–Crippen MR) is 30.4 cm³/mol. The second-order valence-electron chi connectivity index (χ2n) is 2.20. The summed E-state index contributed by atoms with van der Waals surface area (Å²) in [5, 5.41) is 3.31. The van der Waals surface area contributed by atoms with E-state index in [1.807, 2.05) is 0 Å². The Morgan fingerprint density at radius 2 is 2.11 bits per heavy atom. The fourth-order valence-corrected chi connectivity index (χ4v) is 0.829. The summed E-state index contributed by atoms with van der Waals surface area (Å²) in [6.07, 6.45) is -1.43. The lowest BCUT2D eigenvalue weighted by molar-refractivity contribution is 0.0716. The third-order valence-corrected chi connectivity index (χ3v) is 1.53. The summed E-state index contributed by atoms with van der Waals surface area (Å²) in [7, 11) is 0. The van der Waals surface area contributed by atoms with Gasteiger partial charge in [0.1, 0.15) is 0 Å². The van der Waals surface area contributed by atoms with Gasteiger partial charge in [-0.05, 0) is 12.8 Å². The van der Waals surface area contributed by atoms with E-state index >= 15 is 0 Å². The molecule has 0 amide bonds. The number of hydrogen-bond acceptors (Lipinski definition) is 2. The Balaban J connectivity index is 2.27. The van der Waals surface area contributed by atoms with Gasteiger partial charge in [-0.3, -0.25) is 0 Å². The van der Waals surface area contributed by atoms with E-state index in [9.17, 15) is 8.78 Å². The van der Waals surface area contributed by atoms with E-state index in [0.717, 1.165) is 0 Å². The lowest BCUT2D eigenvalue weighted by Crippen LogP contribution is -2.30.